The maximum atomic E-state index is 13.7. The molecular formula is C34H41N7O5. The van der Waals surface area contributed by atoms with E-state index >= 15 is 0 Å². The largest absolute Gasteiger partial charge is 0.444 e. The molecule has 46 heavy (non-hydrogen) atoms. The van der Waals surface area contributed by atoms with Crippen molar-refractivity contribution in [1.82, 2.24) is 30.8 Å². The molecule has 2 aromatic carbocycles. The number of ether oxygens (including phenoxy) is 1. The van der Waals surface area contributed by atoms with Crippen molar-refractivity contribution in [1.29, 1.82) is 0 Å². The molecule has 1 atom stereocenters. The number of benzene rings is 2. The molecule has 0 aliphatic heterocycles. The van der Waals surface area contributed by atoms with Crippen LogP contribution < -0.4 is 21.5 Å². The molecule has 0 bridgehead atoms. The van der Waals surface area contributed by atoms with Crippen LogP contribution in [0.2, 0.25) is 0 Å². The molecule has 3 amide bonds. The molecule has 1 aliphatic carbocycles. The third-order valence-corrected chi connectivity index (χ3v) is 8.11. The van der Waals surface area contributed by atoms with Crippen LogP contribution in [-0.4, -0.2) is 56.3 Å². The average Bonchev–Trinajstić information content (AvgIpc) is 3.39. The number of aromatic amines is 2. The first-order valence-electron chi connectivity index (χ1n) is 15.6. The molecule has 5 N–H and O–H groups in total. The summed E-state index contributed by atoms with van der Waals surface area (Å²) in [5, 5.41) is 14.6. The molecule has 2 heterocycles. The number of carbonyl (C=O) groups excluding carboxylic acids is 3. The van der Waals surface area contributed by atoms with E-state index < -0.39 is 17.7 Å². The summed E-state index contributed by atoms with van der Waals surface area (Å²) in [6.45, 7) is 7.78. The predicted molar refractivity (Wildman–Crippen MR) is 175 cm³/mol. The van der Waals surface area contributed by atoms with Gasteiger partial charge >= 0.3 is 6.09 Å². The Hall–Kier alpha value is -5.00. The molecule has 2 aromatic heterocycles. The molecule has 0 saturated heterocycles. The van der Waals surface area contributed by atoms with Gasteiger partial charge in [0.25, 0.3) is 5.56 Å². The molecule has 5 rings (SSSR count). The minimum absolute atomic E-state index is 0.174. The van der Waals surface area contributed by atoms with E-state index in [1.165, 1.54) is 0 Å². The first-order chi connectivity index (χ1) is 21.9. The van der Waals surface area contributed by atoms with Crippen molar-refractivity contribution in [3.63, 3.8) is 0 Å². The second kappa shape index (κ2) is 14.0. The van der Waals surface area contributed by atoms with Gasteiger partial charge in [0, 0.05) is 42.5 Å². The first kappa shape index (κ1) is 32.4. The second-order valence-corrected chi connectivity index (χ2v) is 12.9. The van der Waals surface area contributed by atoms with Gasteiger partial charge in [-0.25, -0.2) is 14.8 Å². The number of hydrogen-bond donors (Lipinski definition) is 5. The number of alkyl carbamates (subject to hydrolysis) is 1. The van der Waals surface area contributed by atoms with E-state index in [2.05, 4.69) is 36.1 Å². The maximum absolute atomic E-state index is 13.7. The van der Waals surface area contributed by atoms with E-state index in [1.54, 1.807) is 30.6 Å². The summed E-state index contributed by atoms with van der Waals surface area (Å²) in [5.41, 5.74) is 2.87. The van der Waals surface area contributed by atoms with Crippen LogP contribution in [0.15, 0.2) is 59.7 Å². The van der Waals surface area contributed by atoms with Gasteiger partial charge in [-0.05, 0) is 88.6 Å². The van der Waals surface area contributed by atoms with E-state index in [-0.39, 0.29) is 35.6 Å². The van der Waals surface area contributed by atoms with Crippen LogP contribution in [-0.2, 0) is 20.7 Å². The lowest BCUT2D eigenvalue weighted by molar-refractivity contribution is -0.130. The summed E-state index contributed by atoms with van der Waals surface area (Å²) < 4.78 is 5.33. The number of carbonyl (C=O) groups is 3. The summed E-state index contributed by atoms with van der Waals surface area (Å²) in [6, 6.07) is 11.9. The molecule has 12 nitrogen and oxygen atoms in total. The number of aromatic nitrogens is 4. The topological polar surface area (TPSA) is 171 Å². The van der Waals surface area contributed by atoms with E-state index in [4.69, 9.17) is 4.74 Å². The minimum Gasteiger partial charge on any atom is -0.444 e. The van der Waals surface area contributed by atoms with Crippen LogP contribution in [0.5, 0.6) is 0 Å². The molecular weight excluding hydrogens is 586 g/mol. The van der Waals surface area contributed by atoms with Crippen LogP contribution in [0.1, 0.15) is 57.8 Å². The Bertz CT molecular complexity index is 1750. The van der Waals surface area contributed by atoms with Gasteiger partial charge in [0.15, 0.2) is 0 Å². The number of aryl methyl sites for hydroxylation is 1. The highest BCUT2D eigenvalue weighted by molar-refractivity contribution is 5.99. The predicted octanol–water partition coefficient (Wildman–Crippen LogP) is 4.62. The fraction of sp³-hybridized carbons (Fsp3) is 0.412. The van der Waals surface area contributed by atoms with Gasteiger partial charge < -0.3 is 20.7 Å². The Kier molecular flexibility index (Phi) is 9.84. The molecule has 1 fully saturated rings. The normalized spacial score (nSPS) is 17.2. The number of nitrogens with zero attached hydrogens (tertiary/aromatic N) is 2. The number of hydrogen-bond acceptors (Lipinski definition) is 7. The number of rotatable bonds is 9. The van der Waals surface area contributed by atoms with Crippen LogP contribution >= 0.6 is 0 Å². The Balaban J connectivity index is 1.26. The zero-order chi connectivity index (χ0) is 32.8. The smallest absolute Gasteiger partial charge is 0.407 e. The number of anilines is 1. The minimum atomic E-state index is -0.857. The van der Waals surface area contributed by atoms with Crippen molar-refractivity contribution >= 4 is 34.5 Å². The number of nitrogens with one attached hydrogen (secondary N) is 5. The third kappa shape index (κ3) is 8.58. The van der Waals surface area contributed by atoms with Gasteiger partial charge in [-0.3, -0.25) is 24.6 Å². The maximum Gasteiger partial charge on any atom is 0.407 e. The van der Waals surface area contributed by atoms with Crippen molar-refractivity contribution < 1.29 is 19.1 Å². The van der Waals surface area contributed by atoms with Gasteiger partial charge in [-0.1, -0.05) is 24.3 Å². The third-order valence-electron chi connectivity index (χ3n) is 8.11. The summed E-state index contributed by atoms with van der Waals surface area (Å²) in [6.07, 6.45) is 6.20. The Labute approximate surface area is 267 Å². The molecule has 1 saturated carbocycles. The molecule has 4 aromatic rings. The molecule has 242 valence electrons. The van der Waals surface area contributed by atoms with E-state index in [1.807, 2.05) is 52.0 Å². The quantitative estimate of drug-likeness (QED) is 0.180. The van der Waals surface area contributed by atoms with Gasteiger partial charge in [-0.15, -0.1) is 0 Å². The van der Waals surface area contributed by atoms with Crippen LogP contribution in [0, 0.1) is 18.8 Å². The fourth-order valence-electron chi connectivity index (χ4n) is 5.67. The highest BCUT2D eigenvalue weighted by Gasteiger charge is 2.30. The van der Waals surface area contributed by atoms with Gasteiger partial charge in [-0.2, -0.15) is 0 Å². The molecule has 12 heteroatoms. The number of amides is 3. The summed E-state index contributed by atoms with van der Waals surface area (Å²) in [4.78, 5) is 59.8. The Morgan fingerprint density at radius 1 is 0.978 bits per heavy atom. The van der Waals surface area contributed by atoms with Crippen molar-refractivity contribution in [2.45, 2.75) is 71.4 Å². The zero-order valence-corrected chi connectivity index (χ0v) is 26.6. The molecule has 0 unspecified atom stereocenters. The monoisotopic (exact) mass is 627 g/mol. The highest BCUT2D eigenvalue weighted by atomic mass is 16.6. The Morgan fingerprint density at radius 3 is 2.43 bits per heavy atom. The summed E-state index contributed by atoms with van der Waals surface area (Å²) in [5.74, 6) is 0.135. The summed E-state index contributed by atoms with van der Waals surface area (Å²) in [7, 11) is 0. The number of fused-ring (bicyclic) bond motifs is 1. The standard InChI is InChI=1S/C34H41N7O5/c1-20-35-18-25(19-36-20)24-7-5-6-22(14-24)15-29(32(44)38-26-12-13-27-28(16-26)40-41-31(27)43)39-30(42)23-10-8-21(9-11-23)17-37-33(45)46-34(2,3)4/h5-7,12-14,16,18-19,21,23,29H,8-11,15,17H2,1-4H3,(H,37,45)(H,38,44)(H,39,42)(H2,40,41,43)/t21?,23?,29-/m0/s1. The lowest BCUT2D eigenvalue weighted by Crippen LogP contribution is -2.48. The van der Waals surface area contributed by atoms with Gasteiger partial charge in [0.1, 0.15) is 17.5 Å². The molecule has 0 spiro atoms. The van der Waals surface area contributed by atoms with E-state index in [0.717, 1.165) is 29.5 Å². The lowest BCUT2D eigenvalue weighted by atomic mass is 9.81. The van der Waals surface area contributed by atoms with Crippen LogP contribution in [0.25, 0.3) is 22.0 Å². The van der Waals surface area contributed by atoms with Crippen molar-refractivity contribution in [2.75, 3.05) is 11.9 Å². The molecule has 0 radical (unpaired) electrons. The second-order valence-electron chi connectivity index (χ2n) is 12.9. The average molecular weight is 628 g/mol. The zero-order valence-electron chi connectivity index (χ0n) is 26.6. The van der Waals surface area contributed by atoms with Crippen molar-refractivity contribution in [3.8, 4) is 11.1 Å². The SMILES string of the molecule is Cc1ncc(-c2cccc(C[C@H](NC(=O)C3CCC(CNC(=O)OC(C)(C)C)CC3)C(=O)Nc3ccc4c(=O)[nH][nH]c4c3)c2)cn1. The lowest BCUT2D eigenvalue weighted by Gasteiger charge is -2.29. The van der Waals surface area contributed by atoms with Crippen LogP contribution in [0.3, 0.4) is 0 Å². The number of H-pyrrole nitrogens is 2. The van der Waals surface area contributed by atoms with Gasteiger partial charge in [0.2, 0.25) is 11.8 Å². The van der Waals surface area contributed by atoms with E-state index in [0.29, 0.717) is 41.8 Å². The van der Waals surface area contributed by atoms with Crippen molar-refractivity contribution in [3.05, 3.63) is 76.6 Å². The summed E-state index contributed by atoms with van der Waals surface area (Å²) >= 11 is 0. The first-order valence-corrected chi connectivity index (χ1v) is 15.6. The van der Waals surface area contributed by atoms with Crippen LogP contribution in [0.4, 0.5) is 10.5 Å². The van der Waals surface area contributed by atoms with E-state index in [9.17, 15) is 19.2 Å². The highest BCUT2D eigenvalue weighted by Crippen LogP contribution is 2.29. The fourth-order valence-corrected chi connectivity index (χ4v) is 5.67. The molecule has 1 aliphatic rings. The Morgan fingerprint density at radius 2 is 1.72 bits per heavy atom. The van der Waals surface area contributed by atoms with Gasteiger partial charge in [0.05, 0.1) is 10.9 Å². The van der Waals surface area contributed by atoms with Crippen molar-refractivity contribution in [2.24, 2.45) is 11.8 Å².